The Bertz CT molecular complexity index is 886. The van der Waals surface area contributed by atoms with Crippen LogP contribution in [-0.2, 0) is 11.2 Å². The first-order valence-electron chi connectivity index (χ1n) is 7.81. The van der Waals surface area contributed by atoms with Crippen LogP contribution in [0.4, 0.5) is 10.2 Å². The summed E-state index contributed by atoms with van der Waals surface area (Å²) in [5.74, 6) is 1.16. The lowest BCUT2D eigenvalue weighted by Gasteiger charge is -2.08. The molecule has 26 heavy (non-hydrogen) atoms. The SMILES string of the molecule is CSc1nccc(NC(=O)Cc2ccc(Oc3ccc(F)cc3)cc2)n1. The molecule has 2 aromatic carbocycles. The molecular formula is C19H16FN3O2S. The Morgan fingerprint density at radius 2 is 1.73 bits per heavy atom. The number of nitrogens with zero attached hydrogens (tertiary/aromatic N) is 2. The smallest absolute Gasteiger partial charge is 0.229 e. The molecule has 0 saturated carbocycles. The van der Waals surface area contributed by atoms with Crippen LogP contribution in [0.1, 0.15) is 5.56 Å². The van der Waals surface area contributed by atoms with E-state index < -0.39 is 0 Å². The van der Waals surface area contributed by atoms with E-state index in [0.717, 1.165) is 5.56 Å². The van der Waals surface area contributed by atoms with Crippen LogP contribution in [0.3, 0.4) is 0 Å². The van der Waals surface area contributed by atoms with E-state index in [1.54, 1.807) is 36.5 Å². The fourth-order valence-corrected chi connectivity index (χ4v) is 2.55. The zero-order chi connectivity index (χ0) is 18.4. The lowest BCUT2D eigenvalue weighted by atomic mass is 10.1. The van der Waals surface area contributed by atoms with Gasteiger partial charge in [0, 0.05) is 6.20 Å². The summed E-state index contributed by atoms with van der Waals surface area (Å²) in [4.78, 5) is 20.4. The molecule has 0 saturated heterocycles. The summed E-state index contributed by atoms with van der Waals surface area (Å²) in [5, 5.41) is 3.36. The van der Waals surface area contributed by atoms with Crippen LogP contribution in [0.25, 0.3) is 0 Å². The van der Waals surface area contributed by atoms with E-state index in [0.29, 0.717) is 22.5 Å². The zero-order valence-electron chi connectivity index (χ0n) is 14.0. The number of amides is 1. The van der Waals surface area contributed by atoms with Gasteiger partial charge in [-0.05, 0) is 54.3 Å². The molecule has 3 rings (SSSR count). The molecule has 132 valence electrons. The Morgan fingerprint density at radius 3 is 2.38 bits per heavy atom. The molecule has 1 amide bonds. The first-order chi connectivity index (χ1) is 12.6. The molecule has 7 heteroatoms. The Kier molecular flexibility index (Phi) is 5.80. The highest BCUT2D eigenvalue weighted by molar-refractivity contribution is 7.98. The first-order valence-corrected chi connectivity index (χ1v) is 9.04. The molecule has 1 heterocycles. The Balaban J connectivity index is 1.58. The standard InChI is InChI=1S/C19H16FN3O2S/c1-26-19-21-11-10-17(23-19)22-18(24)12-13-2-6-15(7-3-13)25-16-8-4-14(20)5-9-16/h2-11H,12H2,1H3,(H,21,22,23,24). The highest BCUT2D eigenvalue weighted by Gasteiger charge is 2.07. The fourth-order valence-electron chi connectivity index (χ4n) is 2.20. The third-order valence-electron chi connectivity index (χ3n) is 3.42. The number of carbonyl (C=O) groups excluding carboxylic acids is 1. The van der Waals surface area contributed by atoms with E-state index in [2.05, 4.69) is 15.3 Å². The molecule has 1 N–H and O–H groups in total. The zero-order valence-corrected chi connectivity index (χ0v) is 14.8. The maximum absolute atomic E-state index is 12.9. The number of benzene rings is 2. The molecule has 0 aliphatic rings. The second-order valence-corrected chi connectivity index (χ2v) is 6.13. The number of hydrogen-bond donors (Lipinski definition) is 1. The molecule has 1 aromatic heterocycles. The number of carbonyl (C=O) groups is 1. The van der Waals surface area contributed by atoms with Crippen LogP contribution in [0.15, 0.2) is 66.0 Å². The van der Waals surface area contributed by atoms with Crippen molar-refractivity contribution in [3.63, 3.8) is 0 Å². The Morgan fingerprint density at radius 1 is 1.08 bits per heavy atom. The average molecular weight is 369 g/mol. The minimum Gasteiger partial charge on any atom is -0.457 e. The van der Waals surface area contributed by atoms with Gasteiger partial charge in [-0.1, -0.05) is 23.9 Å². The summed E-state index contributed by atoms with van der Waals surface area (Å²) in [5.41, 5.74) is 0.841. The molecule has 0 atom stereocenters. The second kappa shape index (κ2) is 8.44. The third-order valence-corrected chi connectivity index (χ3v) is 3.98. The number of halogens is 1. The van der Waals surface area contributed by atoms with Gasteiger partial charge in [-0.15, -0.1) is 0 Å². The van der Waals surface area contributed by atoms with Crippen molar-refractivity contribution in [2.45, 2.75) is 11.6 Å². The Hall–Kier alpha value is -2.93. The van der Waals surface area contributed by atoms with E-state index in [1.807, 2.05) is 18.4 Å². The van der Waals surface area contributed by atoms with Crippen molar-refractivity contribution in [3.05, 3.63) is 72.2 Å². The van der Waals surface area contributed by atoms with E-state index in [4.69, 9.17) is 4.74 Å². The van der Waals surface area contributed by atoms with Gasteiger partial charge >= 0.3 is 0 Å². The number of rotatable bonds is 6. The van der Waals surface area contributed by atoms with Crippen molar-refractivity contribution in [1.29, 1.82) is 0 Å². The van der Waals surface area contributed by atoms with Gasteiger partial charge in [0.15, 0.2) is 5.16 Å². The molecule has 3 aromatic rings. The van der Waals surface area contributed by atoms with Crippen molar-refractivity contribution in [2.24, 2.45) is 0 Å². The van der Waals surface area contributed by atoms with Crippen LogP contribution in [0.2, 0.25) is 0 Å². The number of ether oxygens (including phenoxy) is 1. The number of nitrogens with one attached hydrogen (secondary N) is 1. The summed E-state index contributed by atoms with van der Waals surface area (Å²) in [6, 6.07) is 14.6. The van der Waals surface area contributed by atoms with Gasteiger partial charge < -0.3 is 10.1 Å². The maximum Gasteiger partial charge on any atom is 0.229 e. The highest BCUT2D eigenvalue weighted by Crippen LogP contribution is 2.22. The fraction of sp³-hybridized carbons (Fsp3) is 0.105. The Labute approximate surface area is 154 Å². The summed E-state index contributed by atoms with van der Waals surface area (Å²) in [6.45, 7) is 0. The normalized spacial score (nSPS) is 10.4. The van der Waals surface area contributed by atoms with Crippen LogP contribution in [0, 0.1) is 5.82 Å². The van der Waals surface area contributed by atoms with Crippen LogP contribution < -0.4 is 10.1 Å². The van der Waals surface area contributed by atoms with Crippen LogP contribution >= 0.6 is 11.8 Å². The number of hydrogen-bond acceptors (Lipinski definition) is 5. The van der Waals surface area contributed by atoms with Gasteiger partial charge in [0.05, 0.1) is 6.42 Å². The molecule has 0 radical (unpaired) electrons. The molecule has 0 unspecified atom stereocenters. The highest BCUT2D eigenvalue weighted by atomic mass is 32.2. The molecule has 5 nitrogen and oxygen atoms in total. The van der Waals surface area contributed by atoms with Gasteiger partial charge in [-0.2, -0.15) is 0 Å². The predicted octanol–water partition coefficient (Wildman–Crippen LogP) is 4.31. The monoisotopic (exact) mass is 369 g/mol. The molecule has 0 aliphatic heterocycles. The van der Waals surface area contributed by atoms with Gasteiger partial charge in [0.1, 0.15) is 23.1 Å². The van der Waals surface area contributed by atoms with Crippen LogP contribution in [-0.4, -0.2) is 22.1 Å². The summed E-state index contributed by atoms with van der Waals surface area (Å²) in [6.07, 6.45) is 3.70. The average Bonchev–Trinajstić information content (AvgIpc) is 2.65. The lowest BCUT2D eigenvalue weighted by molar-refractivity contribution is -0.115. The quantitative estimate of drug-likeness (QED) is 0.518. The lowest BCUT2D eigenvalue weighted by Crippen LogP contribution is -2.15. The van der Waals surface area contributed by atoms with E-state index in [-0.39, 0.29) is 18.1 Å². The molecule has 0 fully saturated rings. The number of aromatic nitrogens is 2. The topological polar surface area (TPSA) is 64.1 Å². The van der Waals surface area contributed by atoms with E-state index in [9.17, 15) is 9.18 Å². The van der Waals surface area contributed by atoms with Gasteiger partial charge in [-0.25, -0.2) is 14.4 Å². The largest absolute Gasteiger partial charge is 0.457 e. The van der Waals surface area contributed by atoms with E-state index in [1.165, 1.54) is 23.9 Å². The number of anilines is 1. The summed E-state index contributed by atoms with van der Waals surface area (Å²) >= 11 is 1.41. The van der Waals surface area contributed by atoms with Crippen molar-refractivity contribution in [3.8, 4) is 11.5 Å². The van der Waals surface area contributed by atoms with Gasteiger partial charge in [0.25, 0.3) is 0 Å². The van der Waals surface area contributed by atoms with Crippen molar-refractivity contribution >= 4 is 23.5 Å². The molecular weight excluding hydrogens is 353 g/mol. The third kappa shape index (κ3) is 5.03. The van der Waals surface area contributed by atoms with Gasteiger partial charge in [-0.3, -0.25) is 4.79 Å². The van der Waals surface area contributed by atoms with Crippen molar-refractivity contribution < 1.29 is 13.9 Å². The summed E-state index contributed by atoms with van der Waals surface area (Å²) < 4.78 is 18.5. The van der Waals surface area contributed by atoms with Crippen molar-refractivity contribution in [1.82, 2.24) is 9.97 Å². The number of thioether (sulfide) groups is 1. The van der Waals surface area contributed by atoms with E-state index >= 15 is 0 Å². The maximum atomic E-state index is 12.9. The minimum absolute atomic E-state index is 0.164. The van der Waals surface area contributed by atoms with Gasteiger partial charge in [0.2, 0.25) is 5.91 Å². The predicted molar refractivity (Wildman–Crippen MR) is 99.1 cm³/mol. The molecule has 0 aliphatic carbocycles. The van der Waals surface area contributed by atoms with Crippen molar-refractivity contribution in [2.75, 3.05) is 11.6 Å². The molecule has 0 spiro atoms. The minimum atomic E-state index is -0.313. The van der Waals surface area contributed by atoms with Crippen LogP contribution in [0.5, 0.6) is 11.5 Å². The molecule has 0 bridgehead atoms. The summed E-state index contributed by atoms with van der Waals surface area (Å²) in [7, 11) is 0. The second-order valence-electron chi connectivity index (χ2n) is 5.35. The first kappa shape index (κ1) is 17.9.